The fourth-order valence-electron chi connectivity index (χ4n) is 3.50. The zero-order chi connectivity index (χ0) is 23.8. The second-order valence-electron chi connectivity index (χ2n) is 8.16. The van der Waals surface area contributed by atoms with Crippen molar-refractivity contribution < 1.29 is 23.7 Å². The lowest BCUT2D eigenvalue weighted by atomic mass is 9.96. The molecule has 0 amide bonds. The van der Waals surface area contributed by atoms with Crippen LogP contribution in [-0.2, 0) is 12.8 Å². The molecule has 0 fully saturated rings. The van der Waals surface area contributed by atoms with Gasteiger partial charge in [-0.25, -0.2) is 0 Å². The number of carbonyl (C=O) groups is 1. The van der Waals surface area contributed by atoms with Crippen LogP contribution in [-0.4, -0.2) is 85.3 Å². The van der Waals surface area contributed by atoms with E-state index in [-0.39, 0.29) is 5.78 Å². The summed E-state index contributed by atoms with van der Waals surface area (Å²) in [6.07, 6.45) is 1.55. The first-order chi connectivity index (χ1) is 15.2. The van der Waals surface area contributed by atoms with Crippen LogP contribution in [0.5, 0.6) is 23.0 Å². The summed E-state index contributed by atoms with van der Waals surface area (Å²) in [6, 6.07) is 7.26. The zero-order valence-corrected chi connectivity index (χ0v) is 20.6. The van der Waals surface area contributed by atoms with Gasteiger partial charge in [0, 0.05) is 13.1 Å². The molecule has 2 aromatic carbocycles. The molecule has 0 atom stereocenters. The first-order valence-electron chi connectivity index (χ1n) is 10.6. The Morgan fingerprint density at radius 1 is 0.625 bits per heavy atom. The molecule has 0 saturated carbocycles. The Labute approximate surface area is 191 Å². The molecule has 2 rings (SSSR count). The van der Waals surface area contributed by atoms with Gasteiger partial charge in [-0.1, -0.05) is 0 Å². The van der Waals surface area contributed by atoms with Crippen molar-refractivity contribution in [2.45, 2.75) is 12.8 Å². The number of nitrogens with zero attached hydrogens (tertiary/aromatic N) is 2. The average Bonchev–Trinajstić information content (AvgIpc) is 2.79. The minimum absolute atomic E-state index is 0.214. The highest BCUT2D eigenvalue weighted by atomic mass is 16.5. The Bertz CT molecular complexity index is 852. The lowest BCUT2D eigenvalue weighted by Crippen LogP contribution is -2.16. The number of hydrogen-bond donors (Lipinski definition) is 0. The molecule has 0 heterocycles. The van der Waals surface area contributed by atoms with E-state index >= 15 is 0 Å². The van der Waals surface area contributed by atoms with Crippen molar-refractivity contribution in [2.24, 2.45) is 0 Å². The monoisotopic (exact) mass is 444 g/mol. The highest BCUT2D eigenvalue weighted by Crippen LogP contribution is 2.35. The van der Waals surface area contributed by atoms with Gasteiger partial charge in [-0.15, -0.1) is 0 Å². The molecule has 0 radical (unpaired) electrons. The molecular formula is C25H36N2O5. The van der Waals surface area contributed by atoms with Crippen molar-refractivity contribution in [1.29, 1.82) is 0 Å². The third kappa shape index (κ3) is 6.14. The topological polar surface area (TPSA) is 60.5 Å². The fraction of sp³-hybridized carbons (Fsp3) is 0.480. The van der Waals surface area contributed by atoms with E-state index in [9.17, 15) is 4.79 Å². The zero-order valence-electron chi connectivity index (χ0n) is 20.6. The van der Waals surface area contributed by atoms with Crippen LogP contribution in [0.25, 0.3) is 0 Å². The highest BCUT2D eigenvalue weighted by molar-refractivity contribution is 6.13. The number of rotatable bonds is 12. The number of ether oxygens (including phenoxy) is 4. The first kappa shape index (κ1) is 25.5. The number of methoxy groups -OCH3 is 4. The lowest BCUT2D eigenvalue weighted by molar-refractivity contribution is 0.103. The van der Waals surface area contributed by atoms with Crippen LogP contribution in [0.1, 0.15) is 27.0 Å². The smallest absolute Gasteiger partial charge is 0.200 e. The van der Waals surface area contributed by atoms with E-state index in [1.54, 1.807) is 40.6 Å². The molecule has 7 heteroatoms. The Morgan fingerprint density at radius 3 is 1.25 bits per heavy atom. The average molecular weight is 445 g/mol. The van der Waals surface area contributed by atoms with Crippen molar-refractivity contribution in [1.82, 2.24) is 9.80 Å². The van der Waals surface area contributed by atoms with Gasteiger partial charge in [0.2, 0.25) is 5.78 Å². The van der Waals surface area contributed by atoms with Gasteiger partial charge in [-0.05, 0) is 76.4 Å². The highest BCUT2D eigenvalue weighted by Gasteiger charge is 2.23. The van der Waals surface area contributed by atoms with Gasteiger partial charge in [-0.3, -0.25) is 4.79 Å². The van der Waals surface area contributed by atoms with E-state index < -0.39 is 0 Å². The van der Waals surface area contributed by atoms with Crippen LogP contribution in [0, 0.1) is 0 Å². The van der Waals surface area contributed by atoms with Crippen molar-refractivity contribution in [2.75, 3.05) is 69.7 Å². The standard InChI is InChI=1S/C25H36N2O5/c1-26(2)11-9-17-13-23(31-7)19(15-21(17)29-5)25(28)20-16-22(30-6)18(10-12-27(3)4)14-24(20)32-8/h13-16H,9-12H2,1-8H3. The van der Waals surface area contributed by atoms with Crippen molar-refractivity contribution in [3.63, 3.8) is 0 Å². The fourth-order valence-corrected chi connectivity index (χ4v) is 3.50. The third-order valence-electron chi connectivity index (χ3n) is 5.35. The van der Waals surface area contributed by atoms with E-state index in [2.05, 4.69) is 9.80 Å². The van der Waals surface area contributed by atoms with Crippen molar-refractivity contribution >= 4 is 5.78 Å². The van der Waals surface area contributed by atoms with Gasteiger partial charge in [0.15, 0.2) is 0 Å². The number of ketones is 1. The Morgan fingerprint density at radius 2 is 0.969 bits per heavy atom. The summed E-state index contributed by atoms with van der Waals surface area (Å²) in [5.41, 5.74) is 2.80. The van der Waals surface area contributed by atoms with Gasteiger partial charge in [0.1, 0.15) is 23.0 Å². The summed E-state index contributed by atoms with van der Waals surface area (Å²) in [5, 5.41) is 0. The van der Waals surface area contributed by atoms with Crippen LogP contribution >= 0.6 is 0 Å². The van der Waals surface area contributed by atoms with E-state index in [0.717, 1.165) is 37.1 Å². The molecule has 7 nitrogen and oxygen atoms in total. The van der Waals surface area contributed by atoms with Crippen molar-refractivity contribution in [3.05, 3.63) is 46.5 Å². The van der Waals surface area contributed by atoms with E-state index in [1.807, 2.05) is 40.3 Å². The van der Waals surface area contributed by atoms with Gasteiger partial charge in [0.05, 0.1) is 39.6 Å². The maximum Gasteiger partial charge on any atom is 0.200 e. The number of benzene rings is 2. The maximum absolute atomic E-state index is 13.6. The van der Waals surface area contributed by atoms with Gasteiger partial charge >= 0.3 is 0 Å². The SMILES string of the molecule is COc1cc(C(=O)c2cc(OC)c(CCN(C)C)cc2OC)c(OC)cc1CCN(C)C. The quantitative estimate of drug-likeness (QED) is 0.466. The van der Waals surface area contributed by atoms with Crippen LogP contribution in [0.15, 0.2) is 24.3 Å². The molecule has 176 valence electrons. The van der Waals surface area contributed by atoms with Crippen LogP contribution in [0.2, 0.25) is 0 Å². The third-order valence-corrected chi connectivity index (χ3v) is 5.35. The summed E-state index contributed by atoms with van der Waals surface area (Å²) in [5.74, 6) is 2.10. The van der Waals surface area contributed by atoms with E-state index in [4.69, 9.17) is 18.9 Å². The number of hydrogen-bond acceptors (Lipinski definition) is 7. The molecule has 32 heavy (non-hydrogen) atoms. The summed E-state index contributed by atoms with van der Waals surface area (Å²) in [6.45, 7) is 1.71. The van der Waals surface area contributed by atoms with Gasteiger partial charge in [-0.2, -0.15) is 0 Å². The largest absolute Gasteiger partial charge is 0.496 e. The molecule has 2 aromatic rings. The van der Waals surface area contributed by atoms with Crippen LogP contribution in [0.4, 0.5) is 0 Å². The van der Waals surface area contributed by atoms with Crippen LogP contribution in [0.3, 0.4) is 0 Å². The van der Waals surface area contributed by atoms with Crippen molar-refractivity contribution in [3.8, 4) is 23.0 Å². The summed E-state index contributed by atoms with van der Waals surface area (Å²) in [7, 11) is 14.4. The first-order valence-corrected chi connectivity index (χ1v) is 10.6. The summed E-state index contributed by atoms with van der Waals surface area (Å²) >= 11 is 0. The molecule has 0 unspecified atom stereocenters. The predicted molar refractivity (Wildman–Crippen MR) is 127 cm³/mol. The molecule has 0 aliphatic heterocycles. The molecule has 0 spiro atoms. The van der Waals surface area contributed by atoms with E-state index in [1.165, 1.54) is 0 Å². The maximum atomic E-state index is 13.6. The molecule has 0 aliphatic carbocycles. The molecular weight excluding hydrogens is 408 g/mol. The Kier molecular flexibility index (Phi) is 9.35. The second kappa shape index (κ2) is 11.7. The molecule has 0 aromatic heterocycles. The second-order valence-corrected chi connectivity index (χ2v) is 8.16. The van der Waals surface area contributed by atoms with E-state index in [0.29, 0.717) is 34.1 Å². The Balaban J connectivity index is 2.53. The minimum Gasteiger partial charge on any atom is -0.496 e. The molecule has 0 saturated heterocycles. The summed E-state index contributed by atoms with van der Waals surface area (Å²) < 4.78 is 22.4. The lowest BCUT2D eigenvalue weighted by Gasteiger charge is -2.18. The van der Waals surface area contributed by atoms with Crippen LogP contribution < -0.4 is 18.9 Å². The number of likely N-dealkylation sites (N-methyl/N-ethyl adjacent to an activating group) is 2. The van der Waals surface area contributed by atoms with Gasteiger partial charge in [0.25, 0.3) is 0 Å². The number of carbonyl (C=O) groups excluding carboxylic acids is 1. The Hall–Kier alpha value is -2.77. The normalized spacial score (nSPS) is 11.1. The van der Waals surface area contributed by atoms with Gasteiger partial charge < -0.3 is 28.7 Å². The summed E-state index contributed by atoms with van der Waals surface area (Å²) in [4.78, 5) is 17.8. The minimum atomic E-state index is -0.214. The molecule has 0 N–H and O–H groups in total. The predicted octanol–water partition coefficient (Wildman–Crippen LogP) is 3.16. The molecule has 0 bridgehead atoms. The molecule has 0 aliphatic rings.